The highest BCUT2D eigenvalue weighted by Crippen LogP contribution is 2.13. The third-order valence-corrected chi connectivity index (χ3v) is 5.71. The van der Waals surface area contributed by atoms with Crippen LogP contribution in [0.4, 0.5) is 0 Å². The normalized spacial score (nSPS) is 14.6. The molecule has 1 saturated heterocycles. The van der Waals surface area contributed by atoms with Crippen LogP contribution >= 0.6 is 0 Å². The smallest absolute Gasteiger partial charge is 0.274 e. The summed E-state index contributed by atoms with van der Waals surface area (Å²) in [7, 11) is -3.78. The minimum absolute atomic E-state index is 0.119. The molecule has 0 spiro atoms. The standard InChI is InChI=1S/C22H29N5O5S/c23-33(30,31)25-11-4-12-27(26-13-15-32-16-14-26)22(29)20-9-7-19(8-10-20)21(28)24-17-18-5-2-1-3-6-18/h1-3,5-10,25H,4,11-17H2,(H,24,28)(H2,23,30,31). The summed E-state index contributed by atoms with van der Waals surface area (Å²) in [5.41, 5.74) is 1.88. The molecular formula is C22H29N5O5S. The lowest BCUT2D eigenvalue weighted by Gasteiger charge is -2.37. The first-order chi connectivity index (χ1) is 15.8. The average molecular weight is 476 g/mol. The van der Waals surface area contributed by atoms with Crippen LogP contribution in [0.2, 0.25) is 0 Å². The largest absolute Gasteiger partial charge is 0.379 e. The second kappa shape index (κ2) is 11.9. The molecule has 11 heteroatoms. The van der Waals surface area contributed by atoms with Crippen molar-refractivity contribution < 1.29 is 22.7 Å². The number of carbonyl (C=O) groups is 2. The first-order valence-corrected chi connectivity index (χ1v) is 12.2. The summed E-state index contributed by atoms with van der Waals surface area (Å²) in [6.07, 6.45) is 0.388. The van der Waals surface area contributed by atoms with Crippen LogP contribution < -0.4 is 15.2 Å². The third-order valence-electron chi connectivity index (χ3n) is 5.10. The van der Waals surface area contributed by atoms with Gasteiger partial charge >= 0.3 is 0 Å². The van der Waals surface area contributed by atoms with E-state index in [1.54, 1.807) is 29.3 Å². The van der Waals surface area contributed by atoms with Gasteiger partial charge in [0.1, 0.15) is 0 Å². The maximum Gasteiger partial charge on any atom is 0.274 e. The number of amides is 2. The maximum absolute atomic E-state index is 13.2. The number of hydrogen-bond donors (Lipinski definition) is 3. The molecule has 4 N–H and O–H groups in total. The van der Waals surface area contributed by atoms with Gasteiger partial charge in [0.15, 0.2) is 0 Å². The maximum atomic E-state index is 13.2. The molecule has 1 aliphatic heterocycles. The Labute approximate surface area is 193 Å². The van der Waals surface area contributed by atoms with E-state index < -0.39 is 10.2 Å². The number of nitrogens with two attached hydrogens (primary N) is 1. The predicted octanol–water partition coefficient (Wildman–Crippen LogP) is 0.489. The van der Waals surface area contributed by atoms with E-state index in [1.807, 2.05) is 35.3 Å². The van der Waals surface area contributed by atoms with Crippen LogP contribution in [0.3, 0.4) is 0 Å². The third kappa shape index (κ3) is 7.91. The van der Waals surface area contributed by atoms with Gasteiger partial charge in [0.25, 0.3) is 22.0 Å². The van der Waals surface area contributed by atoms with Crippen molar-refractivity contribution in [2.45, 2.75) is 13.0 Å². The van der Waals surface area contributed by atoms with Gasteiger partial charge in [0, 0.05) is 43.9 Å². The number of morpholine rings is 1. The van der Waals surface area contributed by atoms with Crippen molar-refractivity contribution in [3.05, 3.63) is 71.3 Å². The molecule has 0 bridgehead atoms. The molecule has 10 nitrogen and oxygen atoms in total. The first-order valence-electron chi connectivity index (χ1n) is 10.7. The van der Waals surface area contributed by atoms with Crippen molar-refractivity contribution in [1.29, 1.82) is 0 Å². The van der Waals surface area contributed by atoms with Gasteiger partial charge in [-0.3, -0.25) is 14.6 Å². The fourth-order valence-electron chi connectivity index (χ4n) is 3.40. The van der Waals surface area contributed by atoms with E-state index in [9.17, 15) is 18.0 Å². The quantitative estimate of drug-likeness (QED) is 0.428. The summed E-state index contributed by atoms with van der Waals surface area (Å²) in [5, 5.41) is 11.3. The van der Waals surface area contributed by atoms with E-state index >= 15 is 0 Å². The molecule has 2 amide bonds. The molecule has 2 aromatic carbocycles. The summed E-state index contributed by atoms with van der Waals surface area (Å²) in [5.74, 6) is -0.458. The molecule has 0 radical (unpaired) electrons. The highest BCUT2D eigenvalue weighted by Gasteiger charge is 2.24. The highest BCUT2D eigenvalue weighted by atomic mass is 32.2. The second-order valence-corrected chi connectivity index (χ2v) is 8.91. The zero-order valence-electron chi connectivity index (χ0n) is 18.3. The van der Waals surface area contributed by atoms with Crippen molar-refractivity contribution in [1.82, 2.24) is 20.1 Å². The van der Waals surface area contributed by atoms with Gasteiger partial charge in [-0.15, -0.1) is 0 Å². The number of ether oxygens (including phenoxy) is 1. The minimum atomic E-state index is -3.78. The Morgan fingerprint density at radius 2 is 1.64 bits per heavy atom. The summed E-state index contributed by atoms with van der Waals surface area (Å²) in [6.45, 7) is 2.94. The molecular weight excluding hydrogens is 446 g/mol. The van der Waals surface area contributed by atoms with Crippen molar-refractivity contribution >= 4 is 22.0 Å². The van der Waals surface area contributed by atoms with Crippen molar-refractivity contribution in [2.24, 2.45) is 5.14 Å². The number of rotatable bonds is 10. The molecule has 1 fully saturated rings. The zero-order chi connectivity index (χ0) is 23.7. The van der Waals surface area contributed by atoms with Crippen molar-refractivity contribution in [3.8, 4) is 0 Å². The molecule has 178 valence electrons. The van der Waals surface area contributed by atoms with E-state index in [0.29, 0.717) is 56.9 Å². The van der Waals surface area contributed by atoms with Gasteiger partial charge in [-0.25, -0.2) is 14.9 Å². The van der Waals surface area contributed by atoms with Crippen molar-refractivity contribution in [2.75, 3.05) is 39.4 Å². The summed E-state index contributed by atoms with van der Waals surface area (Å²) >= 11 is 0. The number of hydrazine groups is 1. The summed E-state index contributed by atoms with van der Waals surface area (Å²) < 4.78 is 29.7. The number of carbonyl (C=O) groups excluding carboxylic acids is 2. The molecule has 1 aliphatic rings. The lowest BCUT2D eigenvalue weighted by molar-refractivity contribution is -0.0699. The highest BCUT2D eigenvalue weighted by molar-refractivity contribution is 7.87. The van der Waals surface area contributed by atoms with Crippen LogP contribution in [0.25, 0.3) is 0 Å². The average Bonchev–Trinajstić information content (AvgIpc) is 2.83. The number of benzene rings is 2. The van der Waals surface area contributed by atoms with Gasteiger partial charge in [-0.1, -0.05) is 30.3 Å². The van der Waals surface area contributed by atoms with E-state index in [4.69, 9.17) is 9.88 Å². The Morgan fingerprint density at radius 3 is 2.27 bits per heavy atom. The molecule has 0 saturated carbocycles. The summed E-state index contributed by atoms with van der Waals surface area (Å²) in [4.78, 5) is 25.6. The minimum Gasteiger partial charge on any atom is -0.379 e. The molecule has 0 atom stereocenters. The molecule has 0 aromatic heterocycles. The lowest BCUT2D eigenvalue weighted by atomic mass is 10.1. The Bertz CT molecular complexity index is 1020. The Balaban J connectivity index is 1.62. The van der Waals surface area contributed by atoms with Crippen LogP contribution in [-0.2, 0) is 21.5 Å². The number of hydrogen-bond acceptors (Lipinski definition) is 6. The van der Waals surface area contributed by atoms with Crippen LogP contribution in [0, 0.1) is 0 Å². The molecule has 0 unspecified atom stereocenters. The molecule has 0 aliphatic carbocycles. The van der Waals surface area contributed by atoms with Crippen LogP contribution in [-0.4, -0.2) is 69.6 Å². The first kappa shape index (κ1) is 24.8. The molecule has 3 rings (SSSR count). The Hall–Kier alpha value is -2.83. The fourth-order valence-corrected chi connectivity index (χ4v) is 3.83. The lowest BCUT2D eigenvalue weighted by Crippen LogP contribution is -2.52. The van der Waals surface area contributed by atoms with Gasteiger partial charge in [-0.05, 0) is 36.2 Å². The molecule has 2 aromatic rings. The van der Waals surface area contributed by atoms with E-state index in [2.05, 4.69) is 10.0 Å². The van der Waals surface area contributed by atoms with Crippen LogP contribution in [0.5, 0.6) is 0 Å². The van der Waals surface area contributed by atoms with Crippen LogP contribution in [0.1, 0.15) is 32.7 Å². The van der Waals surface area contributed by atoms with E-state index in [1.165, 1.54) is 0 Å². The van der Waals surface area contributed by atoms with Gasteiger partial charge in [0.2, 0.25) is 0 Å². The monoisotopic (exact) mass is 475 g/mol. The number of nitrogens with zero attached hydrogens (tertiary/aromatic N) is 2. The number of nitrogens with one attached hydrogen (secondary N) is 2. The SMILES string of the molecule is NS(=O)(=O)NCCCN(C(=O)c1ccc(C(=O)NCc2ccccc2)cc1)N1CCOCC1. The molecule has 1 heterocycles. The van der Waals surface area contributed by atoms with Crippen molar-refractivity contribution in [3.63, 3.8) is 0 Å². The Morgan fingerprint density at radius 1 is 1.00 bits per heavy atom. The second-order valence-electron chi connectivity index (χ2n) is 7.53. The predicted molar refractivity (Wildman–Crippen MR) is 123 cm³/mol. The topological polar surface area (TPSA) is 134 Å². The van der Waals surface area contributed by atoms with Gasteiger partial charge in [-0.2, -0.15) is 8.42 Å². The van der Waals surface area contributed by atoms with Gasteiger partial charge in [0.05, 0.1) is 13.2 Å². The van der Waals surface area contributed by atoms with Crippen LogP contribution in [0.15, 0.2) is 54.6 Å². The molecule has 33 heavy (non-hydrogen) atoms. The van der Waals surface area contributed by atoms with E-state index in [0.717, 1.165) is 5.56 Å². The zero-order valence-corrected chi connectivity index (χ0v) is 19.1. The fraction of sp³-hybridized carbons (Fsp3) is 0.364. The Kier molecular flexibility index (Phi) is 8.92. The van der Waals surface area contributed by atoms with Gasteiger partial charge < -0.3 is 10.1 Å². The van der Waals surface area contributed by atoms with E-state index in [-0.39, 0.29) is 18.4 Å². The summed E-state index contributed by atoms with van der Waals surface area (Å²) in [6, 6.07) is 16.1.